The van der Waals surface area contributed by atoms with E-state index in [-0.39, 0.29) is 19.0 Å². The molecule has 2 N–H and O–H groups in total. The number of hydrogen-bond donors (Lipinski definition) is 2. The molecule has 0 spiro atoms. The Morgan fingerprint density at radius 2 is 1.56 bits per heavy atom. The number of rotatable bonds is 13. The third-order valence-corrected chi connectivity index (χ3v) is 5.48. The lowest BCUT2D eigenvalue weighted by Gasteiger charge is -2.20. The molecule has 0 bridgehead atoms. The molecule has 5 heteroatoms. The Morgan fingerprint density at radius 1 is 0.812 bits per heavy atom. The zero-order chi connectivity index (χ0) is 22.8. The van der Waals surface area contributed by atoms with Crippen LogP contribution in [-0.4, -0.2) is 54.6 Å². The van der Waals surface area contributed by atoms with Crippen molar-refractivity contribution >= 4 is 10.8 Å². The number of aromatic hydroxyl groups is 1. The molecular weight excluding hydrogens is 402 g/mol. The van der Waals surface area contributed by atoms with E-state index in [2.05, 4.69) is 30.9 Å². The maximum atomic E-state index is 9.84. The first kappa shape index (κ1) is 23.9. The third-order valence-electron chi connectivity index (χ3n) is 5.48. The lowest BCUT2D eigenvalue weighted by molar-refractivity contribution is 0.200. The fraction of sp³-hybridized carbons (Fsp3) is 0.407. The van der Waals surface area contributed by atoms with Crippen LogP contribution in [0, 0.1) is 0 Å². The average Bonchev–Trinajstić information content (AvgIpc) is 2.79. The summed E-state index contributed by atoms with van der Waals surface area (Å²) in [5.41, 5.74) is 2.18. The third kappa shape index (κ3) is 6.62. The molecule has 0 aromatic heterocycles. The van der Waals surface area contributed by atoms with E-state index in [1.165, 1.54) is 0 Å². The van der Waals surface area contributed by atoms with Crippen molar-refractivity contribution < 1.29 is 19.7 Å². The van der Waals surface area contributed by atoms with Crippen molar-refractivity contribution in [1.29, 1.82) is 0 Å². The van der Waals surface area contributed by atoms with Gasteiger partial charge >= 0.3 is 0 Å². The van der Waals surface area contributed by atoms with Gasteiger partial charge in [0.15, 0.2) is 0 Å². The highest BCUT2D eigenvalue weighted by Gasteiger charge is 2.11. The maximum absolute atomic E-state index is 9.84. The monoisotopic (exact) mass is 437 g/mol. The summed E-state index contributed by atoms with van der Waals surface area (Å²) in [7, 11) is 0. The van der Waals surface area contributed by atoms with Gasteiger partial charge in [0.05, 0.1) is 6.61 Å². The van der Waals surface area contributed by atoms with E-state index >= 15 is 0 Å². The van der Waals surface area contributed by atoms with Gasteiger partial charge in [-0.3, -0.25) is 4.90 Å². The van der Waals surface area contributed by atoms with Crippen molar-refractivity contribution in [3.8, 4) is 17.2 Å². The van der Waals surface area contributed by atoms with Gasteiger partial charge in [-0.2, -0.15) is 0 Å². The topological polar surface area (TPSA) is 62.2 Å². The molecule has 3 aromatic rings. The highest BCUT2D eigenvalue weighted by molar-refractivity contribution is 5.89. The Bertz CT molecular complexity index is 965. The lowest BCUT2D eigenvalue weighted by Crippen LogP contribution is -2.30. The van der Waals surface area contributed by atoms with Crippen molar-refractivity contribution in [2.45, 2.75) is 33.1 Å². The molecule has 3 aromatic carbocycles. The van der Waals surface area contributed by atoms with Gasteiger partial charge in [0.1, 0.15) is 30.5 Å². The standard InChI is InChI=1S/C27H35NO4/c1-3-13-28(14-4-2)15-17-31-24-9-5-21(6-10-24)19-26-25-11-8-23(30)20-22(25)7-12-27(26)32-18-16-29/h5-12,20,29-30H,3-4,13-19H2,1-2H3. The number of aliphatic hydroxyl groups excluding tert-OH is 1. The minimum absolute atomic E-state index is 0.0347. The summed E-state index contributed by atoms with van der Waals surface area (Å²) < 4.78 is 11.8. The average molecular weight is 438 g/mol. The van der Waals surface area contributed by atoms with Crippen molar-refractivity contribution in [3.05, 3.63) is 65.7 Å². The molecule has 0 heterocycles. The largest absolute Gasteiger partial charge is 0.508 e. The minimum Gasteiger partial charge on any atom is -0.508 e. The number of ether oxygens (including phenoxy) is 2. The fourth-order valence-electron chi connectivity index (χ4n) is 4.00. The molecule has 3 rings (SSSR count). The Labute approximate surface area is 191 Å². The Morgan fingerprint density at radius 3 is 2.25 bits per heavy atom. The SMILES string of the molecule is CCCN(CCC)CCOc1ccc(Cc2c(OCCO)ccc3cc(O)ccc23)cc1. The van der Waals surface area contributed by atoms with Crippen LogP contribution in [0.1, 0.15) is 37.8 Å². The lowest BCUT2D eigenvalue weighted by atomic mass is 9.97. The summed E-state index contributed by atoms with van der Waals surface area (Å²) in [5, 5.41) is 21.0. The van der Waals surface area contributed by atoms with Crippen LogP contribution in [0.4, 0.5) is 0 Å². The van der Waals surface area contributed by atoms with Gasteiger partial charge in [-0.1, -0.05) is 38.1 Å². The van der Waals surface area contributed by atoms with Crippen molar-refractivity contribution in [2.24, 2.45) is 0 Å². The Balaban J connectivity index is 1.70. The molecule has 0 fully saturated rings. The highest BCUT2D eigenvalue weighted by atomic mass is 16.5. The summed E-state index contributed by atoms with van der Waals surface area (Å²) in [5.74, 6) is 1.87. The molecule has 32 heavy (non-hydrogen) atoms. The molecule has 0 saturated carbocycles. The number of aliphatic hydroxyl groups is 1. The van der Waals surface area contributed by atoms with E-state index in [4.69, 9.17) is 9.47 Å². The molecule has 0 aliphatic rings. The summed E-state index contributed by atoms with van der Waals surface area (Å²) >= 11 is 0. The van der Waals surface area contributed by atoms with Crippen molar-refractivity contribution in [3.63, 3.8) is 0 Å². The smallest absolute Gasteiger partial charge is 0.123 e. The molecule has 0 aliphatic carbocycles. The van der Waals surface area contributed by atoms with Crippen LogP contribution >= 0.6 is 0 Å². The summed E-state index contributed by atoms with van der Waals surface area (Å²) in [6.07, 6.45) is 3.00. The van der Waals surface area contributed by atoms with E-state index < -0.39 is 0 Å². The first-order chi connectivity index (χ1) is 15.6. The van der Waals surface area contributed by atoms with E-state index in [0.717, 1.165) is 65.9 Å². The molecule has 0 atom stereocenters. The number of phenolic OH excluding ortho intramolecular Hbond substituents is 1. The number of fused-ring (bicyclic) bond motifs is 1. The van der Waals surface area contributed by atoms with Crippen LogP contribution in [0.3, 0.4) is 0 Å². The van der Waals surface area contributed by atoms with E-state index in [9.17, 15) is 10.2 Å². The van der Waals surface area contributed by atoms with Crippen LogP contribution < -0.4 is 9.47 Å². The molecule has 0 aliphatic heterocycles. The van der Waals surface area contributed by atoms with Gasteiger partial charge in [-0.15, -0.1) is 0 Å². The minimum atomic E-state index is -0.0347. The van der Waals surface area contributed by atoms with E-state index in [1.807, 2.05) is 30.3 Å². The second-order valence-corrected chi connectivity index (χ2v) is 8.03. The summed E-state index contributed by atoms with van der Waals surface area (Å²) in [4.78, 5) is 2.45. The normalized spacial score (nSPS) is 11.2. The van der Waals surface area contributed by atoms with Gasteiger partial charge in [-0.25, -0.2) is 0 Å². The Hall–Kier alpha value is -2.76. The molecule has 0 amide bonds. The van der Waals surface area contributed by atoms with Crippen LogP contribution in [0.2, 0.25) is 0 Å². The molecule has 5 nitrogen and oxygen atoms in total. The number of benzene rings is 3. The van der Waals surface area contributed by atoms with Gasteiger partial charge in [0, 0.05) is 18.5 Å². The zero-order valence-corrected chi connectivity index (χ0v) is 19.2. The predicted molar refractivity (Wildman–Crippen MR) is 130 cm³/mol. The van der Waals surface area contributed by atoms with E-state index in [1.54, 1.807) is 12.1 Å². The first-order valence-electron chi connectivity index (χ1n) is 11.6. The second kappa shape index (κ2) is 12.3. The van der Waals surface area contributed by atoms with Gasteiger partial charge in [0.25, 0.3) is 0 Å². The van der Waals surface area contributed by atoms with Gasteiger partial charge < -0.3 is 19.7 Å². The fourth-order valence-corrected chi connectivity index (χ4v) is 4.00. The number of nitrogens with zero attached hydrogens (tertiary/aromatic N) is 1. The number of phenols is 1. The Kier molecular flexibility index (Phi) is 9.20. The van der Waals surface area contributed by atoms with Gasteiger partial charge in [0.2, 0.25) is 0 Å². The zero-order valence-electron chi connectivity index (χ0n) is 19.2. The molecule has 0 saturated heterocycles. The first-order valence-corrected chi connectivity index (χ1v) is 11.6. The maximum Gasteiger partial charge on any atom is 0.123 e. The van der Waals surface area contributed by atoms with Crippen LogP contribution in [0.5, 0.6) is 17.2 Å². The quantitative estimate of drug-likeness (QED) is 0.394. The second-order valence-electron chi connectivity index (χ2n) is 8.03. The summed E-state index contributed by atoms with van der Waals surface area (Å²) in [6.45, 7) is 8.48. The highest BCUT2D eigenvalue weighted by Crippen LogP contribution is 2.32. The van der Waals surface area contributed by atoms with Crippen LogP contribution in [0.25, 0.3) is 10.8 Å². The van der Waals surface area contributed by atoms with E-state index in [0.29, 0.717) is 13.0 Å². The predicted octanol–water partition coefficient (Wildman–Crippen LogP) is 5.01. The molecule has 172 valence electrons. The molecular formula is C27H35NO4. The van der Waals surface area contributed by atoms with Crippen molar-refractivity contribution in [1.82, 2.24) is 4.90 Å². The molecule has 0 unspecified atom stereocenters. The van der Waals surface area contributed by atoms with Crippen molar-refractivity contribution in [2.75, 3.05) is 39.5 Å². The summed E-state index contributed by atoms with van der Waals surface area (Å²) in [6, 6.07) is 17.4. The van der Waals surface area contributed by atoms with Gasteiger partial charge in [-0.05, 0) is 72.6 Å². The van der Waals surface area contributed by atoms with Crippen LogP contribution in [-0.2, 0) is 6.42 Å². The number of hydrogen-bond acceptors (Lipinski definition) is 5. The van der Waals surface area contributed by atoms with Crippen LogP contribution in [0.15, 0.2) is 54.6 Å². The molecule has 0 radical (unpaired) electrons.